The van der Waals surface area contributed by atoms with Crippen LogP contribution in [-0.2, 0) is 10.8 Å². The van der Waals surface area contributed by atoms with E-state index in [1.807, 2.05) is 53.7 Å². The number of non-ortho nitro benzene ring substituents is 2. The molecule has 6 heteroatoms. The Morgan fingerprint density at radius 3 is 1.29 bits per heavy atom. The van der Waals surface area contributed by atoms with Gasteiger partial charge in [0.15, 0.2) is 0 Å². The predicted molar refractivity (Wildman–Crippen MR) is 94.7 cm³/mol. The van der Waals surface area contributed by atoms with E-state index in [0.29, 0.717) is 5.39 Å². The van der Waals surface area contributed by atoms with Gasteiger partial charge in [-0.1, -0.05) is 41.5 Å². The lowest BCUT2D eigenvalue weighted by Gasteiger charge is -2.22. The van der Waals surface area contributed by atoms with Gasteiger partial charge in [-0.3, -0.25) is 20.2 Å². The van der Waals surface area contributed by atoms with Crippen molar-refractivity contribution in [2.75, 3.05) is 0 Å². The Morgan fingerprint density at radius 1 is 0.708 bits per heavy atom. The molecule has 0 saturated heterocycles. The first-order valence-electron chi connectivity index (χ1n) is 7.74. The first kappa shape index (κ1) is 17.8. The van der Waals surface area contributed by atoms with Crippen LogP contribution in [0.3, 0.4) is 0 Å². The van der Waals surface area contributed by atoms with E-state index in [2.05, 4.69) is 0 Å². The minimum atomic E-state index is -0.540. The molecule has 0 aliphatic heterocycles. The Labute approximate surface area is 140 Å². The molecule has 0 aromatic heterocycles. The van der Waals surface area contributed by atoms with Crippen molar-refractivity contribution in [1.29, 1.82) is 0 Å². The van der Waals surface area contributed by atoms with E-state index in [9.17, 15) is 20.2 Å². The van der Waals surface area contributed by atoms with Crippen molar-refractivity contribution >= 4 is 22.1 Å². The van der Waals surface area contributed by atoms with Crippen LogP contribution in [0.25, 0.3) is 10.8 Å². The average molecular weight is 330 g/mol. The molecule has 0 spiro atoms. The fourth-order valence-electron chi connectivity index (χ4n) is 2.62. The third-order valence-corrected chi connectivity index (χ3v) is 4.13. The number of hydrogen-bond acceptors (Lipinski definition) is 4. The van der Waals surface area contributed by atoms with Crippen molar-refractivity contribution in [2.24, 2.45) is 0 Å². The zero-order valence-electron chi connectivity index (χ0n) is 14.8. The van der Waals surface area contributed by atoms with Crippen molar-refractivity contribution < 1.29 is 9.85 Å². The second-order valence-electron chi connectivity index (χ2n) is 8.10. The van der Waals surface area contributed by atoms with Crippen LogP contribution in [0.4, 0.5) is 11.4 Å². The Bertz CT molecular complexity index is 776. The van der Waals surface area contributed by atoms with Gasteiger partial charge < -0.3 is 0 Å². The lowest BCUT2D eigenvalue weighted by Crippen LogP contribution is -2.13. The highest BCUT2D eigenvalue weighted by atomic mass is 16.6. The molecule has 0 N–H and O–H groups in total. The number of nitro benzene ring substituents is 2. The molecule has 0 atom stereocenters. The van der Waals surface area contributed by atoms with Gasteiger partial charge in [-0.15, -0.1) is 0 Å². The van der Waals surface area contributed by atoms with Crippen molar-refractivity contribution in [1.82, 2.24) is 0 Å². The predicted octanol–water partition coefficient (Wildman–Crippen LogP) is 5.25. The van der Waals surface area contributed by atoms with Gasteiger partial charge >= 0.3 is 0 Å². The van der Waals surface area contributed by atoms with Gasteiger partial charge in [0.1, 0.15) is 5.39 Å². The second-order valence-corrected chi connectivity index (χ2v) is 8.10. The summed E-state index contributed by atoms with van der Waals surface area (Å²) in [7, 11) is 0. The van der Waals surface area contributed by atoms with E-state index in [1.165, 1.54) is 12.1 Å². The Kier molecular flexibility index (Phi) is 4.12. The molecular weight excluding hydrogens is 308 g/mol. The van der Waals surface area contributed by atoms with E-state index in [1.54, 1.807) is 0 Å². The Hall–Kier alpha value is -2.50. The fraction of sp³-hybridized carbons (Fsp3) is 0.444. The van der Waals surface area contributed by atoms with Crippen LogP contribution in [0.2, 0.25) is 0 Å². The van der Waals surface area contributed by atoms with E-state index in [0.717, 1.165) is 11.1 Å². The molecule has 2 aromatic carbocycles. The molecule has 128 valence electrons. The average Bonchev–Trinajstić information content (AvgIpc) is 2.42. The highest BCUT2D eigenvalue weighted by molar-refractivity contribution is 5.99. The first-order valence-corrected chi connectivity index (χ1v) is 7.74. The fourth-order valence-corrected chi connectivity index (χ4v) is 2.62. The van der Waals surface area contributed by atoms with E-state index in [-0.39, 0.29) is 27.6 Å². The van der Waals surface area contributed by atoms with Gasteiger partial charge in [-0.2, -0.15) is 0 Å². The summed E-state index contributed by atoms with van der Waals surface area (Å²) in [5, 5.41) is 23.7. The molecule has 0 aliphatic carbocycles. The molecule has 2 aromatic rings. The van der Waals surface area contributed by atoms with Gasteiger partial charge in [0, 0.05) is 12.1 Å². The Balaban J connectivity index is 3.03. The van der Waals surface area contributed by atoms with Gasteiger partial charge in [0.05, 0.1) is 9.85 Å². The minimum absolute atomic E-state index is 0.0889. The number of benzene rings is 2. The third kappa shape index (κ3) is 3.22. The van der Waals surface area contributed by atoms with Crippen LogP contribution in [0, 0.1) is 20.2 Å². The molecule has 0 unspecified atom stereocenters. The highest BCUT2D eigenvalue weighted by Crippen LogP contribution is 2.40. The van der Waals surface area contributed by atoms with Gasteiger partial charge in [-0.05, 0) is 39.5 Å². The molecule has 0 bridgehead atoms. The molecule has 6 nitrogen and oxygen atoms in total. The van der Waals surface area contributed by atoms with Crippen LogP contribution in [0.15, 0.2) is 24.3 Å². The SMILES string of the molecule is CC(C)(C)c1cc([N+](=O)[O-])c2c([N+](=O)[O-])cc(C(C)(C)C)cc2c1. The summed E-state index contributed by atoms with van der Waals surface area (Å²) in [5.41, 5.74) is 0.523. The summed E-state index contributed by atoms with van der Waals surface area (Å²) < 4.78 is 0. The normalized spacial score (nSPS) is 12.4. The van der Waals surface area contributed by atoms with Crippen LogP contribution < -0.4 is 0 Å². The molecule has 0 saturated carbocycles. The molecule has 0 radical (unpaired) electrons. The first-order chi connectivity index (χ1) is 10.8. The topological polar surface area (TPSA) is 86.3 Å². The molecular formula is C18H22N2O4. The summed E-state index contributed by atoms with van der Waals surface area (Å²) in [6.07, 6.45) is 0. The maximum Gasteiger partial charge on any atom is 0.284 e. The number of nitrogens with zero attached hydrogens (tertiary/aromatic N) is 2. The van der Waals surface area contributed by atoms with Crippen LogP contribution in [0.5, 0.6) is 0 Å². The van der Waals surface area contributed by atoms with Crippen molar-refractivity contribution in [3.05, 3.63) is 55.6 Å². The summed E-state index contributed by atoms with van der Waals surface area (Å²) in [4.78, 5) is 22.0. The van der Waals surface area contributed by atoms with Crippen LogP contribution in [-0.4, -0.2) is 9.85 Å². The van der Waals surface area contributed by atoms with E-state index in [4.69, 9.17) is 0 Å². The second kappa shape index (κ2) is 5.54. The molecule has 0 heterocycles. The Morgan fingerprint density at radius 2 is 1.04 bits per heavy atom. The zero-order valence-corrected chi connectivity index (χ0v) is 14.8. The van der Waals surface area contributed by atoms with Crippen molar-refractivity contribution in [3.63, 3.8) is 0 Å². The van der Waals surface area contributed by atoms with Crippen molar-refractivity contribution in [3.8, 4) is 0 Å². The van der Waals surface area contributed by atoms with Gasteiger partial charge in [0.2, 0.25) is 0 Å². The van der Waals surface area contributed by atoms with E-state index >= 15 is 0 Å². The quantitative estimate of drug-likeness (QED) is 0.555. The van der Waals surface area contributed by atoms with Crippen LogP contribution in [0.1, 0.15) is 52.7 Å². The maximum absolute atomic E-state index is 11.5. The monoisotopic (exact) mass is 330 g/mol. The summed E-state index contributed by atoms with van der Waals surface area (Å²) in [5.74, 6) is 0. The highest BCUT2D eigenvalue weighted by Gasteiger charge is 2.29. The van der Waals surface area contributed by atoms with Gasteiger partial charge in [-0.25, -0.2) is 0 Å². The molecule has 0 amide bonds. The molecule has 2 rings (SSSR count). The smallest absolute Gasteiger partial charge is 0.258 e. The lowest BCUT2D eigenvalue weighted by molar-refractivity contribution is -0.390. The largest absolute Gasteiger partial charge is 0.284 e. The van der Waals surface area contributed by atoms with Gasteiger partial charge in [0.25, 0.3) is 11.4 Å². The number of rotatable bonds is 2. The zero-order chi connectivity index (χ0) is 18.4. The summed E-state index contributed by atoms with van der Waals surface area (Å²) in [6, 6.07) is 6.55. The number of nitro groups is 2. The molecule has 0 aliphatic rings. The third-order valence-electron chi connectivity index (χ3n) is 4.13. The lowest BCUT2D eigenvalue weighted by atomic mass is 9.82. The van der Waals surface area contributed by atoms with Crippen LogP contribution >= 0.6 is 0 Å². The summed E-state index contributed by atoms with van der Waals surface area (Å²) >= 11 is 0. The molecule has 0 fully saturated rings. The summed E-state index contributed by atoms with van der Waals surface area (Å²) in [6.45, 7) is 11.7. The van der Waals surface area contributed by atoms with E-state index < -0.39 is 9.85 Å². The number of fused-ring (bicyclic) bond motifs is 1. The maximum atomic E-state index is 11.5. The van der Waals surface area contributed by atoms with Crippen molar-refractivity contribution in [2.45, 2.75) is 52.4 Å². The standard InChI is InChI=1S/C18H22N2O4/c1-17(2,3)12-7-11-8-13(18(4,5)6)10-15(20(23)24)16(11)14(9-12)19(21)22/h7-10H,1-6H3. The number of hydrogen-bond donors (Lipinski definition) is 0. The minimum Gasteiger partial charge on any atom is -0.258 e. The molecule has 24 heavy (non-hydrogen) atoms.